The number of benzene rings is 1. The molecule has 0 bridgehead atoms. The molecule has 1 saturated carbocycles. The topological polar surface area (TPSA) is 37.8 Å². The average Bonchev–Trinajstić information content (AvgIpc) is 2.83. The van der Waals surface area contributed by atoms with Crippen molar-refractivity contribution in [2.45, 2.75) is 46.1 Å². The van der Waals surface area contributed by atoms with E-state index < -0.39 is 0 Å². The molecule has 0 amide bonds. The summed E-state index contributed by atoms with van der Waals surface area (Å²) < 4.78 is 8.67. The zero-order chi connectivity index (χ0) is 14.3. The second kappa shape index (κ2) is 5.15. The maximum absolute atomic E-state index is 6.36. The maximum Gasteiger partial charge on any atom is 0.129 e. The molecule has 20 heavy (non-hydrogen) atoms. The molecule has 0 aliphatic heterocycles. The molecule has 3 rings (SSSR count). The minimum Gasteiger partial charge on any atom is -0.379 e. The van der Waals surface area contributed by atoms with Gasteiger partial charge in [-0.3, -0.25) is 0 Å². The molecule has 0 saturated heterocycles. The normalized spacial score (nSPS) is 25.8. The number of hydrogen-bond acceptors (Lipinski definition) is 4. The molecule has 1 N–H and O–H groups in total. The van der Waals surface area contributed by atoms with Crippen LogP contribution in [0.25, 0.3) is 11.0 Å². The lowest BCUT2D eigenvalue weighted by Gasteiger charge is -2.40. The lowest BCUT2D eigenvalue weighted by Crippen LogP contribution is -2.37. The predicted molar refractivity (Wildman–Crippen MR) is 86.6 cm³/mol. The third-order valence-electron chi connectivity index (χ3n) is 4.40. The van der Waals surface area contributed by atoms with Crippen molar-refractivity contribution in [1.82, 2.24) is 8.75 Å². The van der Waals surface area contributed by atoms with E-state index >= 15 is 0 Å². The highest BCUT2D eigenvalue weighted by molar-refractivity contribution is 7.00. The van der Waals surface area contributed by atoms with Crippen LogP contribution in [0.4, 0.5) is 5.69 Å². The Morgan fingerprint density at radius 3 is 2.90 bits per heavy atom. The average molecular weight is 310 g/mol. The fraction of sp³-hybridized carbons (Fsp3) is 0.600. The summed E-state index contributed by atoms with van der Waals surface area (Å²) in [5.74, 6) is 0.636. The molecule has 2 unspecified atom stereocenters. The number of anilines is 1. The molecule has 1 aromatic carbocycles. The Morgan fingerprint density at radius 2 is 2.15 bits per heavy atom. The molecule has 0 radical (unpaired) electrons. The van der Waals surface area contributed by atoms with Crippen LogP contribution in [0.5, 0.6) is 0 Å². The molecule has 108 valence electrons. The Balaban J connectivity index is 1.86. The van der Waals surface area contributed by atoms with E-state index in [4.69, 9.17) is 11.6 Å². The van der Waals surface area contributed by atoms with Crippen molar-refractivity contribution in [2.24, 2.45) is 11.3 Å². The predicted octanol–water partition coefficient (Wildman–Crippen LogP) is 4.97. The van der Waals surface area contributed by atoms with E-state index in [1.54, 1.807) is 0 Å². The lowest BCUT2D eigenvalue weighted by molar-refractivity contribution is 0.177. The van der Waals surface area contributed by atoms with Gasteiger partial charge in [0.2, 0.25) is 0 Å². The summed E-state index contributed by atoms with van der Waals surface area (Å²) in [4.78, 5) is 0. The molecule has 2 atom stereocenters. The second-order valence-electron chi connectivity index (χ2n) is 6.69. The summed E-state index contributed by atoms with van der Waals surface area (Å²) in [5.41, 5.74) is 3.23. The lowest BCUT2D eigenvalue weighted by atomic mass is 9.70. The summed E-state index contributed by atoms with van der Waals surface area (Å²) in [7, 11) is 0. The fourth-order valence-electron chi connectivity index (χ4n) is 3.31. The van der Waals surface area contributed by atoms with Gasteiger partial charge in [-0.25, -0.2) is 0 Å². The molecule has 1 aromatic heterocycles. The van der Waals surface area contributed by atoms with Crippen LogP contribution in [0.1, 0.15) is 40.0 Å². The van der Waals surface area contributed by atoms with E-state index in [1.807, 2.05) is 12.1 Å². The minimum absolute atomic E-state index is 0.454. The van der Waals surface area contributed by atoms with Gasteiger partial charge in [-0.15, -0.1) is 0 Å². The Morgan fingerprint density at radius 1 is 1.35 bits per heavy atom. The molecular weight excluding hydrogens is 290 g/mol. The van der Waals surface area contributed by atoms with Crippen molar-refractivity contribution in [3.8, 4) is 0 Å². The van der Waals surface area contributed by atoms with Gasteiger partial charge in [0.15, 0.2) is 0 Å². The summed E-state index contributed by atoms with van der Waals surface area (Å²) in [6.07, 6.45) is 3.67. The van der Waals surface area contributed by atoms with Crippen LogP contribution in [-0.4, -0.2) is 14.8 Å². The first-order valence-electron chi connectivity index (χ1n) is 7.13. The van der Waals surface area contributed by atoms with Crippen molar-refractivity contribution in [3.63, 3.8) is 0 Å². The third kappa shape index (κ3) is 2.63. The van der Waals surface area contributed by atoms with Crippen LogP contribution in [0.15, 0.2) is 12.1 Å². The molecule has 1 aliphatic rings. The van der Waals surface area contributed by atoms with Crippen LogP contribution in [0.2, 0.25) is 5.02 Å². The Labute approximate surface area is 129 Å². The molecule has 1 aliphatic carbocycles. The van der Waals surface area contributed by atoms with Gasteiger partial charge in [0, 0.05) is 6.04 Å². The number of hydrogen-bond donors (Lipinski definition) is 1. The van der Waals surface area contributed by atoms with Crippen molar-refractivity contribution in [3.05, 3.63) is 17.2 Å². The zero-order valence-corrected chi connectivity index (χ0v) is 13.7. The molecule has 5 heteroatoms. The summed E-state index contributed by atoms with van der Waals surface area (Å²) in [6, 6.07) is 4.30. The number of nitrogens with zero attached hydrogens (tertiary/aromatic N) is 2. The van der Waals surface area contributed by atoms with Gasteiger partial charge >= 0.3 is 0 Å². The van der Waals surface area contributed by atoms with Gasteiger partial charge in [-0.1, -0.05) is 32.4 Å². The summed E-state index contributed by atoms with van der Waals surface area (Å²) in [5, 5.41) is 4.38. The smallest absolute Gasteiger partial charge is 0.129 e. The van der Waals surface area contributed by atoms with E-state index in [0.717, 1.165) is 21.7 Å². The highest BCUT2D eigenvalue weighted by Gasteiger charge is 2.32. The molecule has 1 fully saturated rings. The zero-order valence-electron chi connectivity index (χ0n) is 12.1. The third-order valence-corrected chi connectivity index (χ3v) is 5.26. The Kier molecular flexibility index (Phi) is 3.63. The maximum atomic E-state index is 6.36. The standard InChI is InChI=1S/C15H20ClN3S/c1-9-8-15(2,3)7-6-11(9)17-13-10(16)4-5-12-14(13)19-20-18-12/h4-5,9,11,17H,6-8H2,1-3H3. The number of nitrogens with one attached hydrogen (secondary N) is 1. The van der Waals surface area contributed by atoms with Crippen molar-refractivity contribution in [2.75, 3.05) is 5.32 Å². The summed E-state index contributed by atoms with van der Waals surface area (Å²) in [6.45, 7) is 7.04. The molecule has 0 spiro atoms. The van der Waals surface area contributed by atoms with Gasteiger partial charge in [0.25, 0.3) is 0 Å². The van der Waals surface area contributed by atoms with Crippen molar-refractivity contribution in [1.29, 1.82) is 0 Å². The van der Waals surface area contributed by atoms with E-state index in [-0.39, 0.29) is 0 Å². The Bertz CT molecular complexity index is 623. The Hall–Kier alpha value is -0.870. The van der Waals surface area contributed by atoms with Gasteiger partial charge in [-0.2, -0.15) is 8.75 Å². The highest BCUT2D eigenvalue weighted by atomic mass is 35.5. The number of aromatic nitrogens is 2. The fourth-order valence-corrected chi connectivity index (χ4v) is 4.06. The van der Waals surface area contributed by atoms with Gasteiger partial charge in [-0.05, 0) is 42.7 Å². The largest absolute Gasteiger partial charge is 0.379 e. The van der Waals surface area contributed by atoms with E-state index in [2.05, 4.69) is 34.8 Å². The minimum atomic E-state index is 0.454. The molecule has 2 aromatic rings. The SMILES string of the molecule is CC1CC(C)(C)CCC1Nc1c(Cl)ccc2nsnc12. The number of rotatable bonds is 2. The van der Waals surface area contributed by atoms with Crippen molar-refractivity contribution >= 4 is 40.0 Å². The van der Waals surface area contributed by atoms with Gasteiger partial charge < -0.3 is 5.32 Å². The first-order chi connectivity index (χ1) is 9.46. The number of fused-ring (bicyclic) bond motifs is 1. The monoisotopic (exact) mass is 309 g/mol. The van der Waals surface area contributed by atoms with E-state index in [0.29, 0.717) is 17.4 Å². The van der Waals surface area contributed by atoms with Gasteiger partial charge in [0.1, 0.15) is 11.0 Å². The highest BCUT2D eigenvalue weighted by Crippen LogP contribution is 2.41. The summed E-state index contributed by atoms with van der Waals surface area (Å²) >= 11 is 7.60. The van der Waals surface area contributed by atoms with E-state index in [1.165, 1.54) is 31.0 Å². The number of halogens is 1. The molecular formula is C15H20ClN3S. The van der Waals surface area contributed by atoms with Crippen LogP contribution in [0, 0.1) is 11.3 Å². The van der Waals surface area contributed by atoms with Crippen LogP contribution in [-0.2, 0) is 0 Å². The van der Waals surface area contributed by atoms with Crippen LogP contribution in [0.3, 0.4) is 0 Å². The first kappa shape index (κ1) is 14.1. The first-order valence-corrected chi connectivity index (χ1v) is 8.24. The second-order valence-corrected chi connectivity index (χ2v) is 7.63. The van der Waals surface area contributed by atoms with Gasteiger partial charge in [0.05, 0.1) is 22.4 Å². The van der Waals surface area contributed by atoms with E-state index in [9.17, 15) is 0 Å². The molecule has 3 nitrogen and oxygen atoms in total. The molecule has 1 heterocycles. The van der Waals surface area contributed by atoms with Crippen LogP contribution >= 0.6 is 23.3 Å². The quantitative estimate of drug-likeness (QED) is 0.851. The van der Waals surface area contributed by atoms with Crippen molar-refractivity contribution < 1.29 is 0 Å². The van der Waals surface area contributed by atoms with Crippen LogP contribution < -0.4 is 5.32 Å².